The van der Waals surface area contributed by atoms with Crippen LogP contribution < -0.4 is 10.9 Å². The lowest BCUT2D eigenvalue weighted by Crippen LogP contribution is -2.33. The first-order valence-electron chi connectivity index (χ1n) is 11.2. The number of carbonyl (C=O) groups is 3. The second kappa shape index (κ2) is 10.2. The largest absolute Gasteiger partial charge is 0.462 e. The molecular weight excluding hydrogens is 458 g/mol. The van der Waals surface area contributed by atoms with Crippen molar-refractivity contribution in [1.29, 1.82) is 0 Å². The molecule has 9 nitrogen and oxygen atoms in total. The average molecular weight is 484 g/mol. The summed E-state index contributed by atoms with van der Waals surface area (Å²) in [4.78, 5) is 55.3. The smallest absolute Gasteiger partial charge is 0.341 e. The summed E-state index contributed by atoms with van der Waals surface area (Å²) in [5.74, 6) is -1.77. The van der Waals surface area contributed by atoms with Gasteiger partial charge in [0.1, 0.15) is 11.5 Å². The number of hydrogen-bond donors (Lipinski definition) is 1. The number of rotatable bonds is 7. The molecule has 1 atom stereocenters. The fraction of sp³-hybridized carbons (Fsp3) is 0.375. The molecule has 2 aromatic heterocycles. The van der Waals surface area contributed by atoms with Crippen LogP contribution in [0.1, 0.15) is 47.5 Å². The van der Waals surface area contributed by atoms with Gasteiger partial charge >= 0.3 is 11.9 Å². The molecule has 4 rings (SSSR count). The van der Waals surface area contributed by atoms with Gasteiger partial charge in [-0.1, -0.05) is 12.1 Å². The van der Waals surface area contributed by atoms with Gasteiger partial charge in [0.2, 0.25) is 0 Å². The second-order valence-corrected chi connectivity index (χ2v) is 9.03. The molecule has 1 N–H and O–H groups in total. The number of benzene rings is 1. The van der Waals surface area contributed by atoms with Crippen molar-refractivity contribution >= 4 is 45.2 Å². The van der Waals surface area contributed by atoms with Crippen molar-refractivity contribution in [2.45, 2.75) is 52.2 Å². The molecule has 1 aromatic carbocycles. The predicted molar refractivity (Wildman–Crippen MR) is 127 cm³/mol. The third-order valence-corrected chi connectivity index (χ3v) is 6.81. The minimum Gasteiger partial charge on any atom is -0.462 e. The van der Waals surface area contributed by atoms with Crippen LogP contribution in [0.2, 0.25) is 0 Å². The van der Waals surface area contributed by atoms with Crippen LogP contribution in [-0.2, 0) is 38.4 Å². The fourth-order valence-corrected chi connectivity index (χ4v) is 5.26. The summed E-state index contributed by atoms with van der Waals surface area (Å²) < 4.78 is 11.8. The highest BCUT2D eigenvalue weighted by molar-refractivity contribution is 7.17. The zero-order valence-electron chi connectivity index (χ0n) is 19.0. The maximum atomic E-state index is 12.8. The Morgan fingerprint density at radius 3 is 2.76 bits per heavy atom. The van der Waals surface area contributed by atoms with Crippen LogP contribution >= 0.6 is 11.3 Å². The Morgan fingerprint density at radius 1 is 1.21 bits per heavy atom. The molecule has 2 heterocycles. The fourth-order valence-electron chi connectivity index (χ4n) is 3.98. The molecule has 3 aromatic rings. The topological polar surface area (TPSA) is 117 Å². The maximum absolute atomic E-state index is 12.8. The quantitative estimate of drug-likeness (QED) is 0.513. The summed E-state index contributed by atoms with van der Waals surface area (Å²) in [6, 6.07) is 6.93. The van der Waals surface area contributed by atoms with Crippen LogP contribution in [0.15, 0.2) is 35.3 Å². The van der Waals surface area contributed by atoms with Crippen molar-refractivity contribution in [2.75, 3.05) is 11.9 Å². The molecule has 34 heavy (non-hydrogen) atoms. The van der Waals surface area contributed by atoms with Crippen LogP contribution in [0, 0.1) is 0 Å². The van der Waals surface area contributed by atoms with Crippen molar-refractivity contribution in [3.8, 4) is 0 Å². The summed E-state index contributed by atoms with van der Waals surface area (Å²) in [6.45, 7) is 3.04. The van der Waals surface area contributed by atoms with Crippen molar-refractivity contribution in [2.24, 2.45) is 0 Å². The van der Waals surface area contributed by atoms with E-state index in [0.29, 0.717) is 21.6 Å². The van der Waals surface area contributed by atoms with Crippen molar-refractivity contribution in [3.63, 3.8) is 0 Å². The highest BCUT2D eigenvalue weighted by Gasteiger charge is 2.29. The number of esters is 2. The Labute approximate surface area is 199 Å². The molecule has 0 saturated carbocycles. The summed E-state index contributed by atoms with van der Waals surface area (Å²) in [6.07, 6.45) is 3.61. The lowest BCUT2D eigenvalue weighted by Gasteiger charge is -2.15. The highest BCUT2D eigenvalue weighted by Crippen LogP contribution is 2.38. The van der Waals surface area contributed by atoms with Gasteiger partial charge in [0.05, 0.1) is 29.4 Å². The zero-order valence-corrected chi connectivity index (χ0v) is 19.8. The van der Waals surface area contributed by atoms with Gasteiger partial charge in [0.15, 0.2) is 6.10 Å². The molecule has 0 fully saturated rings. The monoisotopic (exact) mass is 483 g/mol. The molecule has 0 aliphatic heterocycles. The Morgan fingerprint density at radius 2 is 1.97 bits per heavy atom. The minimum absolute atomic E-state index is 0.230. The van der Waals surface area contributed by atoms with Crippen LogP contribution in [-0.4, -0.2) is 40.1 Å². The Balaban J connectivity index is 1.47. The van der Waals surface area contributed by atoms with Crippen molar-refractivity contribution < 1.29 is 23.9 Å². The normalized spacial score (nSPS) is 13.7. The van der Waals surface area contributed by atoms with E-state index in [2.05, 4.69) is 10.3 Å². The van der Waals surface area contributed by atoms with Gasteiger partial charge in [-0.15, -0.1) is 11.3 Å². The second-order valence-electron chi connectivity index (χ2n) is 7.93. The first kappa shape index (κ1) is 23.6. The van der Waals surface area contributed by atoms with Gasteiger partial charge in [0.25, 0.3) is 11.5 Å². The summed E-state index contributed by atoms with van der Waals surface area (Å²) in [5, 5.41) is 3.15. The molecule has 0 bridgehead atoms. The third-order valence-electron chi connectivity index (χ3n) is 5.60. The number of nitrogens with zero attached hydrogens (tertiary/aromatic N) is 2. The van der Waals surface area contributed by atoms with Gasteiger partial charge in [-0.2, -0.15) is 0 Å². The molecule has 1 amide bonds. The van der Waals surface area contributed by atoms with Gasteiger partial charge < -0.3 is 14.8 Å². The van der Waals surface area contributed by atoms with Gasteiger partial charge in [0, 0.05) is 4.88 Å². The molecule has 0 radical (unpaired) electrons. The van der Waals surface area contributed by atoms with Crippen LogP contribution in [0.4, 0.5) is 5.00 Å². The van der Waals surface area contributed by atoms with E-state index >= 15 is 0 Å². The number of nitrogens with one attached hydrogen (secondary N) is 1. The number of para-hydroxylation sites is 2. The minimum atomic E-state index is -1.13. The van der Waals surface area contributed by atoms with Crippen molar-refractivity contribution in [3.05, 3.63) is 56.8 Å². The number of thiophene rings is 1. The molecule has 0 spiro atoms. The standard InChI is InChI=1S/C24H25N3O6S/c1-3-32-24(31)21-15-8-4-7-11-18(15)34-23(21)26-22(30)14(2)33-20(29)13-27-17-10-6-5-9-16(17)25-12-19(27)28/h5-6,9-10,12,14H,3-4,7-8,11,13H2,1-2H3,(H,26,30). The zero-order chi connectivity index (χ0) is 24.2. The first-order valence-corrected chi connectivity index (χ1v) is 12.0. The lowest BCUT2D eigenvalue weighted by atomic mass is 9.95. The Bertz CT molecular complexity index is 1310. The van der Waals surface area contributed by atoms with E-state index < -0.39 is 29.5 Å². The number of aromatic nitrogens is 2. The van der Waals surface area contributed by atoms with Crippen LogP contribution in [0.5, 0.6) is 0 Å². The van der Waals surface area contributed by atoms with E-state index in [0.717, 1.165) is 42.3 Å². The van der Waals surface area contributed by atoms with E-state index in [9.17, 15) is 19.2 Å². The number of anilines is 1. The van der Waals surface area contributed by atoms with E-state index in [-0.39, 0.29) is 13.2 Å². The number of hydrogen-bond acceptors (Lipinski definition) is 8. The Hall–Kier alpha value is -3.53. The summed E-state index contributed by atoms with van der Waals surface area (Å²) in [7, 11) is 0. The van der Waals surface area contributed by atoms with Gasteiger partial charge in [-0.3, -0.25) is 19.0 Å². The van der Waals surface area contributed by atoms with Crippen molar-refractivity contribution in [1.82, 2.24) is 9.55 Å². The van der Waals surface area contributed by atoms with E-state index in [1.54, 1.807) is 31.2 Å². The molecule has 1 unspecified atom stereocenters. The van der Waals surface area contributed by atoms with Crippen LogP contribution in [0.3, 0.4) is 0 Å². The molecular formula is C24H25N3O6S. The number of carbonyl (C=O) groups excluding carboxylic acids is 3. The van der Waals surface area contributed by atoms with Crippen LogP contribution in [0.25, 0.3) is 11.0 Å². The van der Waals surface area contributed by atoms with E-state index in [1.807, 2.05) is 0 Å². The molecule has 10 heteroatoms. The number of fused-ring (bicyclic) bond motifs is 2. The molecule has 1 aliphatic rings. The first-order chi connectivity index (χ1) is 16.4. The van der Waals surface area contributed by atoms with E-state index in [4.69, 9.17) is 9.47 Å². The number of aryl methyl sites for hydroxylation is 1. The summed E-state index contributed by atoms with van der Waals surface area (Å²) in [5.41, 5.74) is 1.93. The number of ether oxygens (including phenoxy) is 2. The molecule has 1 aliphatic carbocycles. The lowest BCUT2D eigenvalue weighted by molar-refractivity contribution is -0.153. The summed E-state index contributed by atoms with van der Waals surface area (Å²) >= 11 is 1.36. The Kier molecular flexibility index (Phi) is 7.06. The molecule has 178 valence electrons. The highest BCUT2D eigenvalue weighted by atomic mass is 32.1. The average Bonchev–Trinajstić information content (AvgIpc) is 3.19. The SMILES string of the molecule is CCOC(=O)c1c(NC(=O)C(C)OC(=O)Cn2c(=O)cnc3ccccc32)sc2c1CCCC2. The maximum Gasteiger partial charge on any atom is 0.341 e. The third kappa shape index (κ3) is 4.86. The predicted octanol–water partition coefficient (Wildman–Crippen LogP) is 3.08. The van der Waals surface area contributed by atoms with E-state index in [1.165, 1.54) is 22.8 Å². The number of amides is 1. The molecule has 0 saturated heterocycles. The van der Waals surface area contributed by atoms with Gasteiger partial charge in [-0.25, -0.2) is 9.78 Å². The van der Waals surface area contributed by atoms with Gasteiger partial charge in [-0.05, 0) is 57.2 Å².